The van der Waals surface area contributed by atoms with Crippen LogP contribution >= 0.6 is 0 Å². The Balaban J connectivity index is 2.70. The van der Waals surface area contributed by atoms with Crippen molar-refractivity contribution in [2.45, 2.75) is 17.8 Å². The summed E-state index contributed by atoms with van der Waals surface area (Å²) in [4.78, 5) is 22.4. The lowest BCUT2D eigenvalue weighted by Crippen LogP contribution is -2.56. The molecule has 0 radical (unpaired) electrons. The standard InChI is InChI=1S/C13H12O4/c1-2-8-7-13(11(14)15,12(16)17)10-6-4-3-5-9(8)10/h2-6,8H,1,7H2,(H,14,15)(H,16,17)/p-2. The molecule has 0 saturated heterocycles. The Morgan fingerprint density at radius 1 is 1.29 bits per heavy atom. The third kappa shape index (κ3) is 1.37. The van der Waals surface area contributed by atoms with E-state index in [2.05, 4.69) is 6.58 Å². The summed E-state index contributed by atoms with van der Waals surface area (Å²) in [6, 6.07) is 6.53. The highest BCUT2D eigenvalue weighted by molar-refractivity contribution is 6.04. The molecule has 2 rings (SSSR count). The van der Waals surface area contributed by atoms with E-state index in [1.54, 1.807) is 24.3 Å². The Hall–Kier alpha value is -2.10. The second-order valence-electron chi connectivity index (χ2n) is 4.11. The van der Waals surface area contributed by atoms with Gasteiger partial charge >= 0.3 is 0 Å². The van der Waals surface area contributed by atoms with Crippen molar-refractivity contribution in [3.63, 3.8) is 0 Å². The molecule has 1 aliphatic carbocycles. The fraction of sp³-hybridized carbons (Fsp3) is 0.231. The van der Waals surface area contributed by atoms with Crippen LogP contribution in [0.15, 0.2) is 36.9 Å². The molecule has 17 heavy (non-hydrogen) atoms. The van der Waals surface area contributed by atoms with Gasteiger partial charge in [-0.05, 0) is 17.5 Å². The van der Waals surface area contributed by atoms with Crippen LogP contribution in [0.3, 0.4) is 0 Å². The molecule has 0 saturated carbocycles. The number of carboxylic acids is 2. The summed E-state index contributed by atoms with van der Waals surface area (Å²) in [6.45, 7) is 3.60. The van der Waals surface area contributed by atoms with Crippen LogP contribution in [0.25, 0.3) is 0 Å². The van der Waals surface area contributed by atoms with E-state index in [4.69, 9.17) is 0 Å². The Morgan fingerprint density at radius 3 is 2.41 bits per heavy atom. The fourth-order valence-electron chi connectivity index (χ4n) is 2.44. The maximum absolute atomic E-state index is 11.2. The first-order valence-corrected chi connectivity index (χ1v) is 5.19. The van der Waals surface area contributed by atoms with Crippen LogP contribution in [0.1, 0.15) is 23.5 Å². The second kappa shape index (κ2) is 3.73. The van der Waals surface area contributed by atoms with Gasteiger partial charge in [-0.2, -0.15) is 0 Å². The number of carbonyl (C=O) groups excluding carboxylic acids is 2. The molecule has 4 heteroatoms. The number of allylic oxidation sites excluding steroid dienone is 1. The van der Waals surface area contributed by atoms with E-state index < -0.39 is 17.4 Å². The topological polar surface area (TPSA) is 80.3 Å². The maximum atomic E-state index is 11.2. The molecular formula is C13H10O4-2. The minimum absolute atomic E-state index is 0.0967. The minimum atomic E-state index is -2.06. The zero-order valence-corrected chi connectivity index (χ0v) is 9.01. The molecule has 1 aromatic rings. The summed E-state index contributed by atoms with van der Waals surface area (Å²) in [5.41, 5.74) is -1.16. The third-order valence-electron chi connectivity index (χ3n) is 3.33. The van der Waals surface area contributed by atoms with E-state index in [1.165, 1.54) is 6.07 Å². The molecule has 0 N–H and O–H groups in total. The molecule has 1 unspecified atom stereocenters. The van der Waals surface area contributed by atoms with Gasteiger partial charge in [0.05, 0.1) is 17.4 Å². The van der Waals surface area contributed by atoms with Gasteiger partial charge in [-0.25, -0.2) is 0 Å². The molecule has 1 atom stereocenters. The molecule has 0 bridgehead atoms. The van der Waals surface area contributed by atoms with Gasteiger partial charge in [0.25, 0.3) is 0 Å². The van der Waals surface area contributed by atoms with Crippen molar-refractivity contribution in [3.8, 4) is 0 Å². The molecule has 0 aromatic heterocycles. The molecule has 1 aliphatic rings. The third-order valence-corrected chi connectivity index (χ3v) is 3.33. The van der Waals surface area contributed by atoms with Crippen molar-refractivity contribution in [3.05, 3.63) is 48.0 Å². The predicted octanol–water partition coefficient (Wildman–Crippen LogP) is -0.902. The van der Waals surface area contributed by atoms with Gasteiger partial charge in [-0.15, -0.1) is 6.58 Å². The molecule has 0 aliphatic heterocycles. The molecule has 1 aromatic carbocycles. The number of carbonyl (C=O) groups is 2. The van der Waals surface area contributed by atoms with Gasteiger partial charge in [-0.3, -0.25) is 0 Å². The van der Waals surface area contributed by atoms with Gasteiger partial charge in [-0.1, -0.05) is 30.3 Å². The van der Waals surface area contributed by atoms with Crippen LogP contribution in [0, 0.1) is 0 Å². The summed E-state index contributed by atoms with van der Waals surface area (Å²) in [7, 11) is 0. The number of benzene rings is 1. The largest absolute Gasteiger partial charge is 0.549 e. The second-order valence-corrected chi connectivity index (χ2v) is 4.11. The van der Waals surface area contributed by atoms with Crippen molar-refractivity contribution in [2.75, 3.05) is 0 Å². The van der Waals surface area contributed by atoms with Crippen LogP contribution < -0.4 is 10.2 Å². The number of aliphatic carboxylic acids is 2. The maximum Gasteiger partial charge on any atom is 0.0754 e. The molecule has 4 nitrogen and oxygen atoms in total. The van der Waals surface area contributed by atoms with E-state index in [0.29, 0.717) is 5.56 Å². The van der Waals surface area contributed by atoms with E-state index in [0.717, 1.165) is 0 Å². The number of rotatable bonds is 3. The molecule has 0 fully saturated rings. The van der Waals surface area contributed by atoms with Crippen LogP contribution in [0.5, 0.6) is 0 Å². The van der Waals surface area contributed by atoms with E-state index in [-0.39, 0.29) is 17.9 Å². The van der Waals surface area contributed by atoms with Crippen molar-refractivity contribution >= 4 is 11.9 Å². The fourth-order valence-corrected chi connectivity index (χ4v) is 2.44. The average Bonchev–Trinajstić information content (AvgIpc) is 2.64. The zero-order valence-electron chi connectivity index (χ0n) is 9.01. The van der Waals surface area contributed by atoms with E-state index in [1.807, 2.05) is 0 Å². The lowest BCUT2D eigenvalue weighted by atomic mass is 9.81. The summed E-state index contributed by atoms with van der Waals surface area (Å²) in [5.74, 6) is -3.56. The molecule has 88 valence electrons. The normalized spacial score (nSPS) is 20.6. The Morgan fingerprint density at radius 2 is 1.88 bits per heavy atom. The van der Waals surface area contributed by atoms with Gasteiger partial charge in [0, 0.05) is 5.92 Å². The first-order valence-electron chi connectivity index (χ1n) is 5.19. The quantitative estimate of drug-likeness (QED) is 0.497. The summed E-state index contributed by atoms with van der Waals surface area (Å²) in [6.07, 6.45) is 1.45. The van der Waals surface area contributed by atoms with Gasteiger partial charge < -0.3 is 19.8 Å². The monoisotopic (exact) mass is 230 g/mol. The number of hydrogen-bond acceptors (Lipinski definition) is 4. The average molecular weight is 230 g/mol. The first kappa shape index (κ1) is 11.4. The minimum Gasteiger partial charge on any atom is -0.549 e. The summed E-state index contributed by atoms with van der Waals surface area (Å²) >= 11 is 0. The van der Waals surface area contributed by atoms with Crippen LogP contribution in [0.4, 0.5) is 0 Å². The highest BCUT2D eigenvalue weighted by Crippen LogP contribution is 2.46. The highest BCUT2D eigenvalue weighted by atomic mass is 16.4. The summed E-state index contributed by atoms with van der Waals surface area (Å²) in [5, 5.41) is 22.4. The Kier molecular flexibility index (Phi) is 2.50. The number of hydrogen-bond donors (Lipinski definition) is 0. The molecular weight excluding hydrogens is 220 g/mol. The van der Waals surface area contributed by atoms with Gasteiger partial charge in [0.1, 0.15) is 0 Å². The van der Waals surface area contributed by atoms with Crippen molar-refractivity contribution < 1.29 is 19.8 Å². The number of fused-ring (bicyclic) bond motifs is 1. The SMILES string of the molecule is C=CC1CC(C(=O)[O-])(C(=O)[O-])c2ccccc21. The van der Waals surface area contributed by atoms with Crippen molar-refractivity contribution in [1.82, 2.24) is 0 Å². The molecule has 0 spiro atoms. The Labute approximate surface area is 98.2 Å². The smallest absolute Gasteiger partial charge is 0.0754 e. The lowest BCUT2D eigenvalue weighted by molar-refractivity contribution is -0.335. The lowest BCUT2D eigenvalue weighted by Gasteiger charge is -2.32. The highest BCUT2D eigenvalue weighted by Gasteiger charge is 2.45. The van der Waals surface area contributed by atoms with Crippen LogP contribution in [-0.2, 0) is 15.0 Å². The van der Waals surface area contributed by atoms with Gasteiger partial charge in [0.15, 0.2) is 0 Å². The van der Waals surface area contributed by atoms with Crippen LogP contribution in [0.2, 0.25) is 0 Å². The van der Waals surface area contributed by atoms with Gasteiger partial charge in [0.2, 0.25) is 0 Å². The predicted molar refractivity (Wildman–Crippen MR) is 55.7 cm³/mol. The van der Waals surface area contributed by atoms with Crippen molar-refractivity contribution in [2.24, 2.45) is 0 Å². The van der Waals surface area contributed by atoms with Crippen LogP contribution in [-0.4, -0.2) is 11.9 Å². The van der Waals surface area contributed by atoms with E-state index in [9.17, 15) is 19.8 Å². The first-order chi connectivity index (χ1) is 8.04. The number of carboxylic acid groups (broad SMARTS) is 2. The molecule has 0 amide bonds. The zero-order chi connectivity index (χ0) is 12.6. The van der Waals surface area contributed by atoms with Crippen molar-refractivity contribution in [1.29, 1.82) is 0 Å². The van der Waals surface area contributed by atoms with E-state index >= 15 is 0 Å². The summed E-state index contributed by atoms with van der Waals surface area (Å²) < 4.78 is 0. The molecule has 0 heterocycles. The Bertz CT molecular complexity index is 490.